The van der Waals surface area contributed by atoms with Crippen LogP contribution in [0.5, 0.6) is 5.75 Å². The van der Waals surface area contributed by atoms with Crippen LogP contribution in [0.1, 0.15) is 41.8 Å². The lowest BCUT2D eigenvalue weighted by Crippen LogP contribution is -2.13. The number of carboxylic acid groups (broad SMARTS) is 1. The second-order valence-electron chi connectivity index (χ2n) is 8.93. The Balaban J connectivity index is 1.75. The monoisotopic (exact) mass is 560 g/mol. The normalized spacial score (nSPS) is 11.5. The summed E-state index contributed by atoms with van der Waals surface area (Å²) >= 11 is 1.15. The van der Waals surface area contributed by atoms with Crippen molar-refractivity contribution in [3.63, 3.8) is 0 Å². The van der Waals surface area contributed by atoms with Gasteiger partial charge in [-0.15, -0.1) is 11.3 Å². The molecule has 1 amide bonds. The number of nitrogens with zero attached hydrogens (tertiary/aromatic N) is 1. The maximum Gasteiger partial charge on any atom is 0.371 e. The minimum absolute atomic E-state index is 0.224. The van der Waals surface area contributed by atoms with E-state index in [-0.39, 0.29) is 10.7 Å². The molecule has 0 aliphatic rings. The molecule has 8 nitrogen and oxygen atoms in total. The number of rotatable bonds is 13. The van der Waals surface area contributed by atoms with E-state index in [1.54, 1.807) is 12.5 Å². The molecule has 2 N–H and O–H groups in total. The first kappa shape index (κ1) is 29.7. The highest BCUT2D eigenvalue weighted by atomic mass is 32.1. The number of para-hydroxylation sites is 1. The molecule has 0 fully saturated rings. The smallest absolute Gasteiger partial charge is 0.371 e. The Morgan fingerprint density at radius 1 is 1.18 bits per heavy atom. The van der Waals surface area contributed by atoms with Crippen LogP contribution in [0.4, 0.5) is 13.9 Å². The van der Waals surface area contributed by atoms with Gasteiger partial charge in [-0.25, -0.2) is 18.6 Å². The number of ether oxygens (including phenoxy) is 3. The molecule has 2 aromatic carbocycles. The zero-order valence-electron chi connectivity index (χ0n) is 22.0. The number of halogens is 2. The van der Waals surface area contributed by atoms with E-state index in [4.69, 9.17) is 14.6 Å². The molecule has 0 aliphatic heterocycles. The number of nitrogens with one attached hydrogen (secondary N) is 1. The van der Waals surface area contributed by atoms with E-state index < -0.39 is 34.8 Å². The molecule has 39 heavy (non-hydrogen) atoms. The van der Waals surface area contributed by atoms with Crippen LogP contribution < -0.4 is 10.1 Å². The van der Waals surface area contributed by atoms with Crippen LogP contribution in [-0.2, 0) is 20.7 Å². The van der Waals surface area contributed by atoms with Crippen LogP contribution in [0.15, 0.2) is 41.5 Å². The van der Waals surface area contributed by atoms with Crippen LogP contribution in [0.3, 0.4) is 0 Å². The maximum atomic E-state index is 14.5. The number of thiazole rings is 1. The van der Waals surface area contributed by atoms with E-state index >= 15 is 0 Å². The van der Waals surface area contributed by atoms with Crippen LogP contribution >= 0.6 is 11.3 Å². The number of carbonyl (C=O) groups is 2. The fraction of sp³-hybridized carbons (Fsp3) is 0.321. The van der Waals surface area contributed by atoms with Crippen molar-refractivity contribution >= 4 is 34.4 Å². The molecule has 1 aromatic heterocycles. The first-order valence-corrected chi connectivity index (χ1v) is 13.0. The number of aryl methyl sites for hydroxylation is 1. The van der Waals surface area contributed by atoms with Crippen molar-refractivity contribution in [3.05, 3.63) is 69.8 Å². The molecular formula is C28H30F2N2O6S. The molecule has 3 rings (SSSR count). The fourth-order valence-electron chi connectivity index (χ4n) is 3.72. The van der Waals surface area contributed by atoms with Crippen molar-refractivity contribution in [1.82, 2.24) is 4.98 Å². The molecule has 0 saturated heterocycles. The molecular weight excluding hydrogens is 530 g/mol. The second kappa shape index (κ2) is 13.8. The van der Waals surface area contributed by atoms with Gasteiger partial charge in [-0.1, -0.05) is 26.0 Å². The molecule has 1 heterocycles. The SMILES string of the molecule is COC(=Cc1c(F)cc(C(=O)Nc2nc(-c3cccc(CCCOCC(C)C)c3OC)cs2)cc1F)C(=O)O. The van der Waals surface area contributed by atoms with Gasteiger partial charge in [0.25, 0.3) is 5.91 Å². The van der Waals surface area contributed by atoms with Gasteiger partial charge in [0.05, 0.1) is 19.9 Å². The number of carbonyl (C=O) groups excluding carboxylic acids is 1. The third-order valence-electron chi connectivity index (χ3n) is 5.53. The van der Waals surface area contributed by atoms with Crippen LogP contribution in [0.25, 0.3) is 17.3 Å². The van der Waals surface area contributed by atoms with E-state index in [0.717, 1.165) is 54.5 Å². The number of methoxy groups -OCH3 is 2. The first-order valence-electron chi connectivity index (χ1n) is 12.1. The van der Waals surface area contributed by atoms with Crippen molar-refractivity contribution in [3.8, 4) is 17.0 Å². The van der Waals surface area contributed by atoms with Gasteiger partial charge in [0, 0.05) is 41.4 Å². The minimum Gasteiger partial charge on any atom is -0.496 e. The van der Waals surface area contributed by atoms with Gasteiger partial charge in [0.15, 0.2) is 5.13 Å². The van der Waals surface area contributed by atoms with Crippen molar-refractivity contribution in [2.75, 3.05) is 32.8 Å². The number of hydrogen-bond donors (Lipinski definition) is 2. The minimum atomic E-state index is -1.49. The van der Waals surface area contributed by atoms with Crippen LogP contribution in [0, 0.1) is 17.6 Å². The van der Waals surface area contributed by atoms with Gasteiger partial charge < -0.3 is 19.3 Å². The molecule has 11 heteroatoms. The van der Waals surface area contributed by atoms with Crippen molar-refractivity contribution in [1.29, 1.82) is 0 Å². The number of anilines is 1. The van der Waals surface area contributed by atoms with E-state index in [2.05, 4.69) is 28.9 Å². The summed E-state index contributed by atoms with van der Waals surface area (Å²) in [5.74, 6) is -4.01. The summed E-state index contributed by atoms with van der Waals surface area (Å²) < 4.78 is 45.0. The van der Waals surface area contributed by atoms with Gasteiger partial charge in [-0.3, -0.25) is 10.1 Å². The first-order chi connectivity index (χ1) is 18.6. The van der Waals surface area contributed by atoms with Crippen molar-refractivity contribution in [2.24, 2.45) is 5.92 Å². The zero-order chi connectivity index (χ0) is 28.5. The summed E-state index contributed by atoms with van der Waals surface area (Å²) in [4.78, 5) is 28.2. The number of aliphatic carboxylic acids is 1. The lowest BCUT2D eigenvalue weighted by molar-refractivity contribution is -0.135. The molecule has 0 atom stereocenters. The summed E-state index contributed by atoms with van der Waals surface area (Å²) in [6.07, 6.45) is 2.29. The largest absolute Gasteiger partial charge is 0.496 e. The summed E-state index contributed by atoms with van der Waals surface area (Å²) in [7, 11) is 2.65. The Bertz CT molecular complexity index is 1330. The lowest BCUT2D eigenvalue weighted by atomic mass is 10.0. The highest BCUT2D eigenvalue weighted by Gasteiger charge is 2.19. The van der Waals surface area contributed by atoms with Crippen LogP contribution in [-0.4, -0.2) is 49.4 Å². The number of amides is 1. The maximum absolute atomic E-state index is 14.5. The Morgan fingerprint density at radius 3 is 2.51 bits per heavy atom. The van der Waals surface area contributed by atoms with Gasteiger partial charge in [0.1, 0.15) is 17.4 Å². The summed E-state index contributed by atoms with van der Waals surface area (Å²) in [6, 6.07) is 7.37. The molecule has 3 aromatic rings. The number of benzene rings is 2. The molecule has 0 bridgehead atoms. The number of aromatic nitrogens is 1. The number of carboxylic acids is 1. The quantitative estimate of drug-likeness (QED) is 0.149. The second-order valence-corrected chi connectivity index (χ2v) is 9.79. The summed E-state index contributed by atoms with van der Waals surface area (Å²) in [5, 5.41) is 13.5. The zero-order valence-corrected chi connectivity index (χ0v) is 22.9. The molecule has 0 saturated carbocycles. The topological polar surface area (TPSA) is 107 Å². The van der Waals surface area contributed by atoms with Gasteiger partial charge in [0.2, 0.25) is 5.76 Å². The van der Waals surface area contributed by atoms with E-state index in [1.807, 2.05) is 18.2 Å². The predicted octanol–water partition coefficient (Wildman–Crippen LogP) is 6.03. The Labute approximate surface area is 229 Å². The van der Waals surface area contributed by atoms with E-state index in [9.17, 15) is 18.4 Å². The molecule has 0 unspecified atom stereocenters. The fourth-order valence-corrected chi connectivity index (χ4v) is 4.43. The lowest BCUT2D eigenvalue weighted by Gasteiger charge is -2.13. The summed E-state index contributed by atoms with van der Waals surface area (Å²) in [6.45, 7) is 5.56. The number of hydrogen-bond acceptors (Lipinski definition) is 7. The summed E-state index contributed by atoms with van der Waals surface area (Å²) in [5.41, 5.74) is 1.38. The molecule has 0 aliphatic carbocycles. The van der Waals surface area contributed by atoms with Gasteiger partial charge in [-0.2, -0.15) is 0 Å². The third-order valence-corrected chi connectivity index (χ3v) is 6.29. The highest BCUT2D eigenvalue weighted by molar-refractivity contribution is 7.14. The average Bonchev–Trinajstić information content (AvgIpc) is 3.35. The third kappa shape index (κ3) is 7.84. The Hall–Kier alpha value is -3.83. The van der Waals surface area contributed by atoms with Crippen molar-refractivity contribution in [2.45, 2.75) is 26.7 Å². The van der Waals surface area contributed by atoms with E-state index in [1.165, 1.54) is 0 Å². The molecule has 208 valence electrons. The predicted molar refractivity (Wildman–Crippen MR) is 145 cm³/mol. The van der Waals surface area contributed by atoms with Crippen LogP contribution in [0.2, 0.25) is 0 Å². The highest BCUT2D eigenvalue weighted by Crippen LogP contribution is 2.35. The molecule has 0 radical (unpaired) electrons. The van der Waals surface area contributed by atoms with Gasteiger partial charge in [-0.05, 0) is 42.5 Å². The standard InChI is InChI=1S/C28H30F2N2O6S/c1-16(2)14-38-10-6-8-17-7-5-9-19(25(17)37-4)23-15-39-28(31-23)32-26(33)18-11-21(29)20(22(30)12-18)13-24(36-3)27(34)35/h5,7,9,11-13,15-16H,6,8,10,14H2,1-4H3,(H,34,35)(H,31,32,33). The van der Waals surface area contributed by atoms with Gasteiger partial charge >= 0.3 is 5.97 Å². The Kier molecular flexibility index (Phi) is 10.5. The molecule has 0 spiro atoms. The van der Waals surface area contributed by atoms with E-state index in [0.29, 0.717) is 36.7 Å². The Morgan fingerprint density at radius 2 is 1.90 bits per heavy atom. The average molecular weight is 561 g/mol. The van der Waals surface area contributed by atoms with Crippen molar-refractivity contribution < 1.29 is 37.7 Å².